The first-order valence-electron chi connectivity index (χ1n) is 5.51. The Morgan fingerprint density at radius 3 is 2.58 bits per heavy atom. The average molecular weight is 261 g/mol. The van der Waals surface area contributed by atoms with Crippen molar-refractivity contribution >= 4 is 11.7 Å². The predicted molar refractivity (Wildman–Crippen MR) is 68.7 cm³/mol. The van der Waals surface area contributed by atoms with Crippen molar-refractivity contribution in [3.8, 4) is 11.5 Å². The normalized spacial score (nSPS) is 10.0. The lowest BCUT2D eigenvalue weighted by molar-refractivity contribution is 0.0600. The minimum absolute atomic E-state index is 0.0515. The molecule has 0 spiro atoms. The van der Waals surface area contributed by atoms with E-state index >= 15 is 0 Å². The molecule has 0 saturated heterocycles. The van der Waals surface area contributed by atoms with E-state index in [9.17, 15) is 9.18 Å². The number of ether oxygens (including phenoxy) is 2. The molecule has 4 nitrogen and oxygen atoms in total. The third-order valence-corrected chi connectivity index (χ3v) is 2.46. The first-order valence-corrected chi connectivity index (χ1v) is 5.51. The van der Waals surface area contributed by atoms with E-state index in [1.165, 1.54) is 25.3 Å². The molecule has 0 unspecified atom stereocenters. The quantitative estimate of drug-likeness (QED) is 0.681. The standard InChI is InChI=1S/C14H12FNO3/c1-18-14(17)9-3-2-4-10(7-9)19-11-5-6-13(16)12(15)8-11/h2-8H,16H2,1H3. The maximum atomic E-state index is 13.3. The molecule has 0 amide bonds. The highest BCUT2D eigenvalue weighted by Crippen LogP contribution is 2.25. The molecule has 5 heteroatoms. The summed E-state index contributed by atoms with van der Waals surface area (Å²) >= 11 is 0. The van der Waals surface area contributed by atoms with Gasteiger partial charge in [-0.3, -0.25) is 0 Å². The van der Waals surface area contributed by atoms with Crippen LogP contribution in [0.5, 0.6) is 11.5 Å². The van der Waals surface area contributed by atoms with Crippen LogP contribution < -0.4 is 10.5 Å². The maximum absolute atomic E-state index is 13.3. The van der Waals surface area contributed by atoms with Crippen LogP contribution in [0.1, 0.15) is 10.4 Å². The number of carbonyl (C=O) groups is 1. The Labute approximate surface area is 109 Å². The molecule has 2 aromatic carbocycles. The van der Waals surface area contributed by atoms with Crippen molar-refractivity contribution in [1.82, 2.24) is 0 Å². The SMILES string of the molecule is COC(=O)c1cccc(Oc2ccc(N)c(F)c2)c1. The van der Waals surface area contributed by atoms with E-state index in [2.05, 4.69) is 4.74 Å². The molecular formula is C14H12FNO3. The summed E-state index contributed by atoms with van der Waals surface area (Å²) in [5, 5.41) is 0. The monoisotopic (exact) mass is 261 g/mol. The van der Waals surface area contributed by atoms with Crippen LogP contribution >= 0.6 is 0 Å². The van der Waals surface area contributed by atoms with Gasteiger partial charge in [0.15, 0.2) is 0 Å². The zero-order valence-corrected chi connectivity index (χ0v) is 10.2. The fourth-order valence-corrected chi connectivity index (χ4v) is 1.51. The predicted octanol–water partition coefficient (Wildman–Crippen LogP) is 2.99. The van der Waals surface area contributed by atoms with Crippen LogP contribution in [-0.2, 0) is 4.74 Å². The van der Waals surface area contributed by atoms with Gasteiger partial charge in [-0.05, 0) is 30.3 Å². The molecule has 0 atom stereocenters. The Kier molecular flexibility index (Phi) is 3.66. The van der Waals surface area contributed by atoms with E-state index in [1.54, 1.807) is 24.3 Å². The molecule has 0 aliphatic heterocycles. The van der Waals surface area contributed by atoms with Crippen LogP contribution in [-0.4, -0.2) is 13.1 Å². The van der Waals surface area contributed by atoms with Gasteiger partial charge in [0.05, 0.1) is 18.4 Å². The second-order valence-electron chi connectivity index (χ2n) is 3.80. The van der Waals surface area contributed by atoms with Crippen molar-refractivity contribution in [2.75, 3.05) is 12.8 Å². The number of hydrogen-bond donors (Lipinski definition) is 1. The lowest BCUT2D eigenvalue weighted by Gasteiger charge is -2.07. The number of nitrogens with two attached hydrogens (primary N) is 1. The maximum Gasteiger partial charge on any atom is 0.337 e. The summed E-state index contributed by atoms with van der Waals surface area (Å²) in [4.78, 5) is 11.4. The summed E-state index contributed by atoms with van der Waals surface area (Å²) < 4.78 is 23.3. The van der Waals surface area contributed by atoms with Crippen molar-refractivity contribution in [1.29, 1.82) is 0 Å². The molecule has 0 bridgehead atoms. The molecule has 2 aromatic rings. The van der Waals surface area contributed by atoms with Gasteiger partial charge in [0.1, 0.15) is 17.3 Å². The zero-order chi connectivity index (χ0) is 13.8. The van der Waals surface area contributed by atoms with E-state index in [4.69, 9.17) is 10.5 Å². The summed E-state index contributed by atoms with van der Waals surface area (Å²) in [7, 11) is 1.30. The number of halogens is 1. The third kappa shape index (κ3) is 3.01. The number of anilines is 1. The molecule has 0 saturated carbocycles. The van der Waals surface area contributed by atoms with Crippen molar-refractivity contribution in [3.63, 3.8) is 0 Å². The molecular weight excluding hydrogens is 249 g/mol. The Bertz CT molecular complexity index is 613. The number of esters is 1. The smallest absolute Gasteiger partial charge is 0.337 e. The summed E-state index contributed by atoms with van der Waals surface area (Å²) in [6, 6.07) is 10.6. The fraction of sp³-hybridized carbons (Fsp3) is 0.0714. The first-order chi connectivity index (χ1) is 9.10. The Morgan fingerprint density at radius 2 is 1.89 bits per heavy atom. The van der Waals surface area contributed by atoms with Crippen molar-refractivity contribution in [3.05, 3.63) is 53.8 Å². The van der Waals surface area contributed by atoms with Gasteiger partial charge in [0.2, 0.25) is 0 Å². The number of hydrogen-bond acceptors (Lipinski definition) is 4. The lowest BCUT2D eigenvalue weighted by atomic mass is 10.2. The van der Waals surface area contributed by atoms with Gasteiger partial charge in [0.25, 0.3) is 0 Å². The van der Waals surface area contributed by atoms with Gasteiger partial charge < -0.3 is 15.2 Å². The van der Waals surface area contributed by atoms with E-state index in [0.29, 0.717) is 17.1 Å². The van der Waals surface area contributed by atoms with Crippen LogP contribution in [0.15, 0.2) is 42.5 Å². The third-order valence-electron chi connectivity index (χ3n) is 2.46. The molecule has 19 heavy (non-hydrogen) atoms. The Morgan fingerprint density at radius 1 is 1.16 bits per heavy atom. The number of carbonyl (C=O) groups excluding carboxylic acids is 1. The van der Waals surface area contributed by atoms with Crippen LogP contribution in [0.2, 0.25) is 0 Å². The summed E-state index contributed by atoms with van der Waals surface area (Å²) in [6.07, 6.45) is 0. The molecule has 0 aliphatic carbocycles. The number of nitrogen functional groups attached to an aromatic ring is 1. The van der Waals surface area contributed by atoms with Gasteiger partial charge in [-0.2, -0.15) is 0 Å². The molecule has 0 heterocycles. The van der Waals surface area contributed by atoms with Crippen molar-refractivity contribution < 1.29 is 18.7 Å². The van der Waals surface area contributed by atoms with Gasteiger partial charge in [-0.1, -0.05) is 6.07 Å². The van der Waals surface area contributed by atoms with Gasteiger partial charge >= 0.3 is 5.97 Å². The minimum atomic E-state index is -0.554. The molecule has 0 aromatic heterocycles. The largest absolute Gasteiger partial charge is 0.465 e. The Balaban J connectivity index is 2.23. The minimum Gasteiger partial charge on any atom is -0.465 e. The van der Waals surface area contributed by atoms with Gasteiger partial charge in [0, 0.05) is 6.07 Å². The van der Waals surface area contributed by atoms with Crippen molar-refractivity contribution in [2.45, 2.75) is 0 Å². The summed E-state index contributed by atoms with van der Waals surface area (Å²) in [5.74, 6) is -0.309. The molecule has 0 aliphatic rings. The van der Waals surface area contributed by atoms with Gasteiger partial charge in [-0.25, -0.2) is 9.18 Å². The van der Waals surface area contributed by atoms with Crippen LogP contribution in [0, 0.1) is 5.82 Å². The second kappa shape index (κ2) is 5.39. The molecule has 0 radical (unpaired) electrons. The highest BCUT2D eigenvalue weighted by molar-refractivity contribution is 5.89. The second-order valence-corrected chi connectivity index (χ2v) is 3.80. The van der Waals surface area contributed by atoms with Crippen LogP contribution in [0.3, 0.4) is 0 Å². The molecule has 98 valence electrons. The molecule has 0 fully saturated rings. The summed E-state index contributed by atoms with van der Waals surface area (Å²) in [6.45, 7) is 0. The lowest BCUT2D eigenvalue weighted by Crippen LogP contribution is -2.00. The molecule has 2 rings (SSSR count). The number of rotatable bonds is 3. The van der Waals surface area contributed by atoms with Crippen molar-refractivity contribution in [2.24, 2.45) is 0 Å². The van der Waals surface area contributed by atoms with Crippen LogP contribution in [0.4, 0.5) is 10.1 Å². The van der Waals surface area contributed by atoms with Crippen LogP contribution in [0.25, 0.3) is 0 Å². The highest BCUT2D eigenvalue weighted by Gasteiger charge is 2.07. The number of methoxy groups -OCH3 is 1. The molecule has 2 N–H and O–H groups in total. The summed E-state index contributed by atoms with van der Waals surface area (Å²) in [5.41, 5.74) is 5.78. The fourth-order valence-electron chi connectivity index (χ4n) is 1.51. The van der Waals surface area contributed by atoms with E-state index in [0.717, 1.165) is 0 Å². The van der Waals surface area contributed by atoms with E-state index in [1.807, 2.05) is 0 Å². The first kappa shape index (κ1) is 12.9. The van der Waals surface area contributed by atoms with Gasteiger partial charge in [-0.15, -0.1) is 0 Å². The highest BCUT2D eigenvalue weighted by atomic mass is 19.1. The number of benzene rings is 2. The zero-order valence-electron chi connectivity index (χ0n) is 10.2. The average Bonchev–Trinajstić information content (AvgIpc) is 2.42. The van der Waals surface area contributed by atoms with E-state index < -0.39 is 11.8 Å². The topological polar surface area (TPSA) is 61.5 Å². The van der Waals surface area contributed by atoms with E-state index in [-0.39, 0.29) is 5.69 Å². The Hall–Kier alpha value is -2.56.